The molecule has 0 unspecified atom stereocenters. The molecule has 1 rings (SSSR count). The number of nitrogens with one attached hydrogen (secondary N) is 1. The summed E-state index contributed by atoms with van der Waals surface area (Å²) in [6.07, 6.45) is 0.659. The first kappa shape index (κ1) is 16.0. The zero-order valence-corrected chi connectivity index (χ0v) is 12.8. The molecule has 1 aromatic rings. The van der Waals surface area contributed by atoms with Crippen LogP contribution in [-0.2, 0) is 10.0 Å². The normalized spacial score (nSPS) is 13.5. The molecule has 0 heterocycles. The van der Waals surface area contributed by atoms with E-state index in [-0.39, 0.29) is 17.9 Å². The molecule has 4 nitrogen and oxygen atoms in total. The standard InChI is InChI=1S/C14H23NO3S/c1-5-10-19(16,17)15-12(4)13-8-6-7-9-14(13)18-11(2)3/h6-9,11-12,15H,5,10H2,1-4H3/t12-/m1/s1. The molecule has 0 aliphatic rings. The van der Waals surface area contributed by atoms with Crippen molar-refractivity contribution in [1.29, 1.82) is 0 Å². The van der Waals surface area contributed by atoms with Crippen molar-refractivity contribution >= 4 is 10.0 Å². The minimum absolute atomic E-state index is 0.0561. The summed E-state index contributed by atoms with van der Waals surface area (Å²) in [4.78, 5) is 0. The maximum absolute atomic E-state index is 11.8. The number of ether oxygens (including phenoxy) is 1. The van der Waals surface area contributed by atoms with E-state index >= 15 is 0 Å². The van der Waals surface area contributed by atoms with E-state index in [1.807, 2.05) is 52.0 Å². The molecule has 0 radical (unpaired) electrons. The van der Waals surface area contributed by atoms with Gasteiger partial charge in [0.15, 0.2) is 0 Å². The smallest absolute Gasteiger partial charge is 0.212 e. The van der Waals surface area contributed by atoms with Crippen LogP contribution in [0.15, 0.2) is 24.3 Å². The molecule has 19 heavy (non-hydrogen) atoms. The van der Waals surface area contributed by atoms with E-state index in [2.05, 4.69) is 4.72 Å². The van der Waals surface area contributed by atoms with Crippen LogP contribution in [0.4, 0.5) is 0 Å². The Bertz CT molecular complexity index is 497. The van der Waals surface area contributed by atoms with Gasteiger partial charge in [0.25, 0.3) is 0 Å². The van der Waals surface area contributed by atoms with Crippen LogP contribution in [0.2, 0.25) is 0 Å². The molecule has 0 aromatic heterocycles. The van der Waals surface area contributed by atoms with Crippen LogP contribution in [0.3, 0.4) is 0 Å². The molecule has 0 amide bonds. The van der Waals surface area contributed by atoms with Crippen LogP contribution >= 0.6 is 0 Å². The van der Waals surface area contributed by atoms with E-state index in [9.17, 15) is 8.42 Å². The maximum atomic E-state index is 11.8. The van der Waals surface area contributed by atoms with E-state index in [0.717, 1.165) is 11.3 Å². The topological polar surface area (TPSA) is 55.4 Å². The molecule has 0 fully saturated rings. The van der Waals surface area contributed by atoms with Crippen LogP contribution in [0, 0.1) is 0 Å². The summed E-state index contributed by atoms with van der Waals surface area (Å²) in [7, 11) is -3.23. The molecule has 108 valence electrons. The summed E-state index contributed by atoms with van der Waals surface area (Å²) in [5.41, 5.74) is 0.857. The molecule has 0 bridgehead atoms. The summed E-state index contributed by atoms with van der Waals surface area (Å²) in [6.45, 7) is 7.57. The summed E-state index contributed by atoms with van der Waals surface area (Å²) >= 11 is 0. The maximum Gasteiger partial charge on any atom is 0.212 e. The molecular weight excluding hydrogens is 262 g/mol. The lowest BCUT2D eigenvalue weighted by Gasteiger charge is -2.19. The van der Waals surface area contributed by atoms with E-state index < -0.39 is 10.0 Å². The summed E-state index contributed by atoms with van der Waals surface area (Å²) in [5, 5.41) is 0. The Hall–Kier alpha value is -1.07. The third-order valence-electron chi connectivity index (χ3n) is 2.58. The Balaban J connectivity index is 2.90. The second-order valence-corrected chi connectivity index (χ2v) is 6.74. The minimum Gasteiger partial charge on any atom is -0.491 e. The number of sulfonamides is 1. The summed E-state index contributed by atoms with van der Waals surface area (Å²) in [5.74, 6) is 0.870. The largest absolute Gasteiger partial charge is 0.491 e. The molecule has 1 aromatic carbocycles. The van der Waals surface area contributed by atoms with Crippen molar-refractivity contribution in [3.05, 3.63) is 29.8 Å². The van der Waals surface area contributed by atoms with Crippen molar-refractivity contribution in [2.45, 2.75) is 46.3 Å². The van der Waals surface area contributed by atoms with Crippen molar-refractivity contribution in [1.82, 2.24) is 4.72 Å². The van der Waals surface area contributed by atoms with Crippen LogP contribution in [0.1, 0.15) is 45.7 Å². The van der Waals surface area contributed by atoms with Crippen LogP contribution < -0.4 is 9.46 Å². The zero-order valence-electron chi connectivity index (χ0n) is 12.0. The Kier molecular flexibility index (Phi) is 5.82. The third-order valence-corrected chi connectivity index (χ3v) is 4.24. The van der Waals surface area contributed by atoms with Gasteiger partial charge in [0.1, 0.15) is 5.75 Å². The van der Waals surface area contributed by atoms with Gasteiger partial charge < -0.3 is 4.74 Å². The fourth-order valence-corrected chi connectivity index (χ4v) is 3.18. The van der Waals surface area contributed by atoms with E-state index in [1.54, 1.807) is 0 Å². The number of hydrogen-bond acceptors (Lipinski definition) is 3. The monoisotopic (exact) mass is 285 g/mol. The van der Waals surface area contributed by atoms with Crippen molar-refractivity contribution in [2.24, 2.45) is 0 Å². The van der Waals surface area contributed by atoms with Crippen LogP contribution in [0.25, 0.3) is 0 Å². The molecule has 0 saturated carbocycles. The number of hydrogen-bond donors (Lipinski definition) is 1. The predicted octanol–water partition coefficient (Wildman–Crippen LogP) is 2.86. The first-order valence-electron chi connectivity index (χ1n) is 6.61. The van der Waals surface area contributed by atoms with Gasteiger partial charge in [0, 0.05) is 11.6 Å². The second-order valence-electron chi connectivity index (χ2n) is 4.86. The molecule has 1 N–H and O–H groups in total. The average molecular weight is 285 g/mol. The molecule has 0 saturated heterocycles. The summed E-state index contributed by atoms with van der Waals surface area (Å²) in [6, 6.07) is 7.21. The van der Waals surface area contributed by atoms with E-state index in [4.69, 9.17) is 4.74 Å². The Morgan fingerprint density at radius 2 is 1.84 bits per heavy atom. The molecule has 0 aliphatic carbocycles. The van der Waals surface area contributed by atoms with Gasteiger partial charge in [-0.15, -0.1) is 0 Å². The molecule has 5 heteroatoms. The first-order valence-corrected chi connectivity index (χ1v) is 8.26. The van der Waals surface area contributed by atoms with Gasteiger partial charge >= 0.3 is 0 Å². The minimum atomic E-state index is -3.23. The lowest BCUT2D eigenvalue weighted by molar-refractivity contribution is 0.238. The first-order chi connectivity index (χ1) is 8.85. The quantitative estimate of drug-likeness (QED) is 0.838. The highest BCUT2D eigenvalue weighted by Gasteiger charge is 2.18. The van der Waals surface area contributed by atoms with Crippen molar-refractivity contribution in [2.75, 3.05) is 5.75 Å². The van der Waals surface area contributed by atoms with E-state index in [1.165, 1.54) is 0 Å². The summed E-state index contributed by atoms with van der Waals surface area (Å²) < 4.78 is 32.0. The van der Waals surface area contributed by atoms with E-state index in [0.29, 0.717) is 6.42 Å². The number of benzene rings is 1. The van der Waals surface area contributed by atoms with Gasteiger partial charge in [-0.05, 0) is 33.3 Å². The fraction of sp³-hybridized carbons (Fsp3) is 0.571. The van der Waals surface area contributed by atoms with Gasteiger partial charge in [-0.25, -0.2) is 13.1 Å². The molecule has 0 aliphatic heterocycles. The van der Waals surface area contributed by atoms with Gasteiger partial charge in [-0.3, -0.25) is 0 Å². The highest BCUT2D eigenvalue weighted by Crippen LogP contribution is 2.26. The fourth-order valence-electron chi connectivity index (χ4n) is 1.86. The Labute approximate surface area is 116 Å². The molecular formula is C14H23NO3S. The molecule has 1 atom stereocenters. The van der Waals surface area contributed by atoms with Crippen molar-refractivity contribution in [3.63, 3.8) is 0 Å². The van der Waals surface area contributed by atoms with Crippen molar-refractivity contribution < 1.29 is 13.2 Å². The molecule has 0 spiro atoms. The third kappa shape index (κ3) is 5.20. The highest BCUT2D eigenvalue weighted by molar-refractivity contribution is 7.89. The van der Waals surface area contributed by atoms with Crippen LogP contribution in [-0.4, -0.2) is 20.3 Å². The lowest BCUT2D eigenvalue weighted by atomic mass is 10.1. The zero-order chi connectivity index (χ0) is 14.5. The van der Waals surface area contributed by atoms with Gasteiger partial charge in [-0.2, -0.15) is 0 Å². The SMILES string of the molecule is CCCS(=O)(=O)N[C@H](C)c1ccccc1OC(C)C. The Morgan fingerprint density at radius 3 is 2.42 bits per heavy atom. The van der Waals surface area contributed by atoms with Crippen LogP contribution in [0.5, 0.6) is 5.75 Å². The average Bonchev–Trinajstić information content (AvgIpc) is 2.27. The van der Waals surface area contributed by atoms with Gasteiger partial charge in [0.2, 0.25) is 10.0 Å². The Morgan fingerprint density at radius 1 is 1.21 bits per heavy atom. The highest BCUT2D eigenvalue weighted by atomic mass is 32.2. The number of para-hydroxylation sites is 1. The van der Waals surface area contributed by atoms with Gasteiger partial charge in [0.05, 0.1) is 11.9 Å². The predicted molar refractivity (Wildman–Crippen MR) is 77.8 cm³/mol. The second kappa shape index (κ2) is 6.91. The number of rotatable bonds is 7. The van der Waals surface area contributed by atoms with Crippen molar-refractivity contribution in [3.8, 4) is 5.75 Å². The van der Waals surface area contributed by atoms with Gasteiger partial charge in [-0.1, -0.05) is 25.1 Å². The lowest BCUT2D eigenvalue weighted by Crippen LogP contribution is -2.29.